The number of H-pyrrole nitrogens is 1. The second-order valence-electron chi connectivity index (χ2n) is 7.17. The number of carbonyl (C=O) groups excluding carboxylic acids is 1. The zero-order valence-corrected chi connectivity index (χ0v) is 14.5. The van der Waals surface area contributed by atoms with Crippen LogP contribution < -0.4 is 16.6 Å². The zero-order chi connectivity index (χ0) is 18.6. The van der Waals surface area contributed by atoms with Gasteiger partial charge in [0.05, 0.1) is 6.04 Å². The van der Waals surface area contributed by atoms with Gasteiger partial charge in [0, 0.05) is 12.3 Å². The summed E-state index contributed by atoms with van der Waals surface area (Å²) in [6.07, 6.45) is 1.92. The minimum absolute atomic E-state index is 0.0683. The summed E-state index contributed by atoms with van der Waals surface area (Å²) in [6, 6.07) is 6.84. The van der Waals surface area contributed by atoms with Gasteiger partial charge in [0.25, 0.3) is 5.56 Å². The number of aromatic amines is 1. The molecule has 1 aromatic carbocycles. The van der Waals surface area contributed by atoms with Crippen molar-refractivity contribution in [3.8, 4) is 0 Å². The average Bonchev–Trinajstić information content (AvgIpc) is 2.49. The van der Waals surface area contributed by atoms with Gasteiger partial charge >= 0.3 is 5.69 Å². The highest BCUT2D eigenvalue weighted by atomic mass is 19.1. The molecular formula is C18H22FN3O3. The SMILES string of the molecule is CC(C)(C)C[C@H](NC(=O)Cn1ccc(=O)[nH]c1=O)c1ccc(F)cc1. The van der Waals surface area contributed by atoms with Gasteiger partial charge in [-0.15, -0.1) is 0 Å². The molecule has 0 aliphatic heterocycles. The largest absolute Gasteiger partial charge is 0.348 e. The van der Waals surface area contributed by atoms with Crippen LogP contribution in [-0.4, -0.2) is 15.5 Å². The highest BCUT2D eigenvalue weighted by molar-refractivity contribution is 5.76. The fourth-order valence-corrected chi connectivity index (χ4v) is 2.52. The fraction of sp³-hybridized carbons (Fsp3) is 0.389. The van der Waals surface area contributed by atoms with Crippen molar-refractivity contribution in [1.29, 1.82) is 0 Å². The molecule has 0 unspecified atom stereocenters. The number of hydrogen-bond acceptors (Lipinski definition) is 3. The van der Waals surface area contributed by atoms with Crippen LogP contribution in [-0.2, 0) is 11.3 Å². The van der Waals surface area contributed by atoms with Crippen molar-refractivity contribution in [2.45, 2.75) is 39.8 Å². The molecule has 2 aromatic rings. The summed E-state index contributed by atoms with van der Waals surface area (Å²) >= 11 is 0. The van der Waals surface area contributed by atoms with Gasteiger partial charge in [-0.05, 0) is 29.5 Å². The van der Waals surface area contributed by atoms with E-state index in [0.29, 0.717) is 6.42 Å². The summed E-state index contributed by atoms with van der Waals surface area (Å²) in [6.45, 7) is 5.92. The number of amides is 1. The van der Waals surface area contributed by atoms with Gasteiger partial charge in [-0.25, -0.2) is 9.18 Å². The van der Waals surface area contributed by atoms with E-state index < -0.39 is 11.2 Å². The maximum atomic E-state index is 13.2. The highest BCUT2D eigenvalue weighted by Crippen LogP contribution is 2.29. The Morgan fingerprint density at radius 1 is 1.20 bits per heavy atom. The van der Waals surface area contributed by atoms with Gasteiger partial charge in [0.15, 0.2) is 0 Å². The van der Waals surface area contributed by atoms with Gasteiger partial charge in [-0.2, -0.15) is 0 Å². The minimum atomic E-state index is -0.642. The molecule has 134 valence electrons. The summed E-state index contributed by atoms with van der Waals surface area (Å²) in [5, 5.41) is 2.89. The topological polar surface area (TPSA) is 84.0 Å². The molecule has 0 fully saturated rings. The standard InChI is InChI=1S/C18H22FN3O3/c1-18(2,3)10-14(12-4-6-13(19)7-5-12)20-16(24)11-22-9-8-15(23)21-17(22)25/h4-9,14H,10-11H2,1-3H3,(H,20,24)(H,21,23,25)/t14-/m0/s1. The zero-order valence-electron chi connectivity index (χ0n) is 14.5. The van der Waals surface area contributed by atoms with Gasteiger partial charge in [0.1, 0.15) is 12.4 Å². The molecule has 1 atom stereocenters. The van der Waals surface area contributed by atoms with Crippen LogP contribution in [0, 0.1) is 11.2 Å². The number of aromatic nitrogens is 2. The van der Waals surface area contributed by atoms with E-state index in [1.54, 1.807) is 12.1 Å². The fourth-order valence-electron chi connectivity index (χ4n) is 2.52. The molecule has 0 saturated carbocycles. The van der Waals surface area contributed by atoms with E-state index in [-0.39, 0.29) is 29.7 Å². The van der Waals surface area contributed by atoms with Crippen LogP contribution in [0.15, 0.2) is 46.1 Å². The third kappa shape index (κ3) is 5.70. The van der Waals surface area contributed by atoms with Crippen LogP contribution in [0.4, 0.5) is 4.39 Å². The average molecular weight is 347 g/mol. The first-order chi connectivity index (χ1) is 11.6. The lowest BCUT2D eigenvalue weighted by atomic mass is 9.85. The molecule has 6 nitrogen and oxygen atoms in total. The van der Waals surface area contributed by atoms with Crippen molar-refractivity contribution in [1.82, 2.24) is 14.9 Å². The second kappa shape index (κ2) is 7.46. The number of rotatable bonds is 5. The number of nitrogens with zero attached hydrogens (tertiary/aromatic N) is 1. The van der Waals surface area contributed by atoms with E-state index in [1.807, 2.05) is 20.8 Å². The molecule has 0 saturated heterocycles. The molecule has 25 heavy (non-hydrogen) atoms. The Balaban J connectivity index is 2.17. The minimum Gasteiger partial charge on any atom is -0.348 e. The predicted molar refractivity (Wildman–Crippen MR) is 92.7 cm³/mol. The number of nitrogens with one attached hydrogen (secondary N) is 2. The predicted octanol–water partition coefficient (Wildman–Crippen LogP) is 1.97. The smallest absolute Gasteiger partial charge is 0.328 e. The summed E-state index contributed by atoms with van der Waals surface area (Å²) in [4.78, 5) is 37.2. The summed E-state index contributed by atoms with van der Waals surface area (Å²) in [7, 11) is 0. The van der Waals surface area contributed by atoms with Crippen molar-refractivity contribution in [3.63, 3.8) is 0 Å². The lowest BCUT2D eigenvalue weighted by Crippen LogP contribution is -2.37. The maximum absolute atomic E-state index is 13.2. The Morgan fingerprint density at radius 2 is 1.84 bits per heavy atom. The van der Waals surface area contributed by atoms with Crippen LogP contribution in [0.5, 0.6) is 0 Å². The molecule has 1 heterocycles. The lowest BCUT2D eigenvalue weighted by molar-refractivity contribution is -0.122. The quantitative estimate of drug-likeness (QED) is 0.867. The summed E-state index contributed by atoms with van der Waals surface area (Å²) in [5.74, 6) is -0.711. The molecule has 7 heteroatoms. The first-order valence-corrected chi connectivity index (χ1v) is 7.99. The molecule has 1 aromatic heterocycles. The van der Waals surface area contributed by atoms with Crippen molar-refractivity contribution in [2.24, 2.45) is 5.41 Å². The van der Waals surface area contributed by atoms with Crippen LogP contribution in [0.2, 0.25) is 0 Å². The molecule has 0 bridgehead atoms. The Hall–Kier alpha value is -2.70. The Kier molecular flexibility index (Phi) is 5.56. The van der Waals surface area contributed by atoms with E-state index in [9.17, 15) is 18.8 Å². The number of benzene rings is 1. The molecule has 0 spiro atoms. The van der Waals surface area contributed by atoms with Crippen LogP contribution >= 0.6 is 0 Å². The molecular weight excluding hydrogens is 325 g/mol. The highest BCUT2D eigenvalue weighted by Gasteiger charge is 2.22. The van der Waals surface area contributed by atoms with Crippen LogP contribution in [0.3, 0.4) is 0 Å². The number of hydrogen-bond donors (Lipinski definition) is 2. The van der Waals surface area contributed by atoms with E-state index in [2.05, 4.69) is 10.3 Å². The van der Waals surface area contributed by atoms with Crippen LogP contribution in [0.25, 0.3) is 0 Å². The molecule has 2 N–H and O–H groups in total. The third-order valence-corrected chi connectivity index (χ3v) is 3.63. The summed E-state index contributed by atoms with van der Waals surface area (Å²) in [5.41, 5.74) is -0.435. The molecule has 0 radical (unpaired) electrons. The number of halogens is 1. The second-order valence-corrected chi connectivity index (χ2v) is 7.17. The van der Waals surface area contributed by atoms with Gasteiger partial charge in [-0.1, -0.05) is 32.9 Å². The normalized spacial score (nSPS) is 12.6. The Bertz CT molecular complexity index is 847. The molecule has 1 amide bonds. The van der Waals surface area contributed by atoms with Gasteiger partial charge in [0.2, 0.25) is 5.91 Å². The van der Waals surface area contributed by atoms with Crippen molar-refractivity contribution >= 4 is 5.91 Å². The van der Waals surface area contributed by atoms with E-state index >= 15 is 0 Å². The van der Waals surface area contributed by atoms with Crippen molar-refractivity contribution in [2.75, 3.05) is 0 Å². The summed E-state index contributed by atoms with van der Waals surface area (Å²) < 4.78 is 14.3. The van der Waals surface area contributed by atoms with E-state index in [4.69, 9.17) is 0 Å². The third-order valence-electron chi connectivity index (χ3n) is 3.63. The maximum Gasteiger partial charge on any atom is 0.328 e. The first-order valence-electron chi connectivity index (χ1n) is 7.99. The van der Waals surface area contributed by atoms with E-state index in [0.717, 1.165) is 10.1 Å². The molecule has 2 rings (SSSR count). The first kappa shape index (κ1) is 18.6. The van der Waals surface area contributed by atoms with Crippen molar-refractivity contribution < 1.29 is 9.18 Å². The monoisotopic (exact) mass is 347 g/mol. The molecule has 0 aliphatic rings. The lowest BCUT2D eigenvalue weighted by Gasteiger charge is -2.27. The van der Waals surface area contributed by atoms with Crippen molar-refractivity contribution in [3.05, 3.63) is 68.7 Å². The number of carbonyl (C=O) groups is 1. The molecule has 0 aliphatic carbocycles. The Morgan fingerprint density at radius 3 is 2.40 bits per heavy atom. The van der Waals surface area contributed by atoms with E-state index in [1.165, 1.54) is 24.4 Å². The van der Waals surface area contributed by atoms with Crippen LogP contribution in [0.1, 0.15) is 38.8 Å². The van der Waals surface area contributed by atoms with Gasteiger partial charge < -0.3 is 5.32 Å². The van der Waals surface area contributed by atoms with Gasteiger partial charge in [-0.3, -0.25) is 19.1 Å². The Labute approximate surface area is 144 Å².